The number of hydrogen-bond donors (Lipinski definition) is 1. The predicted octanol–water partition coefficient (Wildman–Crippen LogP) is 2.42. The second kappa shape index (κ2) is 7.85. The van der Waals surface area contributed by atoms with Gasteiger partial charge in [-0.3, -0.25) is 9.69 Å². The second-order valence-electron chi connectivity index (χ2n) is 7.54. The minimum atomic E-state index is -0.0752. The van der Waals surface area contributed by atoms with E-state index in [1.807, 2.05) is 0 Å². The first-order valence-electron chi connectivity index (χ1n) is 10.1. The summed E-state index contributed by atoms with van der Waals surface area (Å²) in [5, 5.41) is 0. The Labute approximate surface area is 168 Å². The third-order valence-corrected chi connectivity index (χ3v) is 5.62. The molecule has 5 rings (SSSR count). The van der Waals surface area contributed by atoms with Crippen molar-refractivity contribution in [3.05, 3.63) is 69.8 Å². The molecule has 1 saturated heterocycles. The summed E-state index contributed by atoms with van der Waals surface area (Å²) in [5.41, 5.74) is 4.05. The number of fused-ring (bicyclic) bond motifs is 1. The number of hydrogen-bond acceptors (Lipinski definition) is 6. The van der Waals surface area contributed by atoms with Gasteiger partial charge in [0.05, 0.1) is 30.7 Å². The molecule has 3 aromatic rings. The van der Waals surface area contributed by atoms with Crippen LogP contribution in [0.15, 0.2) is 51.9 Å². The van der Waals surface area contributed by atoms with E-state index in [4.69, 9.17) is 9.15 Å². The number of aromatic amines is 1. The molecule has 0 aliphatic carbocycles. The molecule has 0 amide bonds. The van der Waals surface area contributed by atoms with Crippen molar-refractivity contribution in [2.45, 2.75) is 19.5 Å². The number of rotatable bonds is 4. The van der Waals surface area contributed by atoms with Crippen molar-refractivity contribution < 1.29 is 9.15 Å². The molecular formula is C22H24N4O3. The van der Waals surface area contributed by atoms with Crippen LogP contribution >= 0.6 is 0 Å². The van der Waals surface area contributed by atoms with Crippen LogP contribution in [0, 0.1) is 0 Å². The van der Waals surface area contributed by atoms with Gasteiger partial charge in [0.2, 0.25) is 0 Å². The Morgan fingerprint density at radius 1 is 1.07 bits per heavy atom. The van der Waals surface area contributed by atoms with Crippen molar-refractivity contribution in [2.75, 3.05) is 37.7 Å². The zero-order valence-corrected chi connectivity index (χ0v) is 16.3. The van der Waals surface area contributed by atoms with Gasteiger partial charge < -0.3 is 19.0 Å². The van der Waals surface area contributed by atoms with Gasteiger partial charge in [-0.15, -0.1) is 0 Å². The number of benzene rings is 1. The normalized spacial score (nSPS) is 17.3. The number of ether oxygens (including phenoxy) is 1. The number of H-pyrrole nitrogens is 1. The van der Waals surface area contributed by atoms with Gasteiger partial charge in [0.15, 0.2) is 11.6 Å². The Morgan fingerprint density at radius 3 is 2.66 bits per heavy atom. The van der Waals surface area contributed by atoms with E-state index in [9.17, 15) is 4.79 Å². The molecule has 7 nitrogen and oxygen atoms in total. The molecule has 7 heteroatoms. The second-order valence-corrected chi connectivity index (χ2v) is 7.54. The molecule has 1 N–H and O–H groups in total. The topological polar surface area (TPSA) is 74.6 Å². The molecule has 0 spiro atoms. The number of furan rings is 1. The maximum absolute atomic E-state index is 12.6. The van der Waals surface area contributed by atoms with Gasteiger partial charge in [-0.25, -0.2) is 4.98 Å². The molecule has 1 fully saturated rings. The van der Waals surface area contributed by atoms with Gasteiger partial charge in [-0.1, -0.05) is 12.1 Å². The van der Waals surface area contributed by atoms with Crippen LogP contribution in [0.25, 0.3) is 11.6 Å². The first kappa shape index (κ1) is 18.1. The van der Waals surface area contributed by atoms with Crippen LogP contribution < -0.4 is 10.5 Å². The highest BCUT2D eigenvalue weighted by Gasteiger charge is 2.22. The molecule has 150 valence electrons. The monoisotopic (exact) mass is 392 g/mol. The maximum Gasteiger partial charge on any atom is 0.256 e. The minimum Gasteiger partial charge on any atom is -0.461 e. The van der Waals surface area contributed by atoms with Gasteiger partial charge in [0.1, 0.15) is 0 Å². The summed E-state index contributed by atoms with van der Waals surface area (Å²) < 4.78 is 10.8. The summed E-state index contributed by atoms with van der Waals surface area (Å²) in [7, 11) is 0. The molecule has 29 heavy (non-hydrogen) atoms. The molecule has 0 radical (unpaired) electrons. The van der Waals surface area contributed by atoms with Gasteiger partial charge in [-0.2, -0.15) is 0 Å². The lowest BCUT2D eigenvalue weighted by Gasteiger charge is -2.30. The Kier molecular flexibility index (Phi) is 4.91. The Hall–Kier alpha value is -2.90. The summed E-state index contributed by atoms with van der Waals surface area (Å²) >= 11 is 0. The van der Waals surface area contributed by atoms with E-state index in [0.717, 1.165) is 57.1 Å². The van der Waals surface area contributed by atoms with Crippen molar-refractivity contribution in [1.82, 2.24) is 14.9 Å². The summed E-state index contributed by atoms with van der Waals surface area (Å²) in [6.07, 6.45) is 2.35. The zero-order chi connectivity index (χ0) is 19.6. The Balaban J connectivity index is 1.28. The van der Waals surface area contributed by atoms with E-state index < -0.39 is 0 Å². The van der Waals surface area contributed by atoms with Crippen LogP contribution in [0.5, 0.6) is 0 Å². The van der Waals surface area contributed by atoms with E-state index in [1.165, 1.54) is 11.3 Å². The summed E-state index contributed by atoms with van der Waals surface area (Å²) in [5.74, 6) is 1.10. The first-order chi connectivity index (χ1) is 14.3. The average Bonchev–Trinajstić information content (AvgIpc) is 3.30. The van der Waals surface area contributed by atoms with Crippen molar-refractivity contribution in [1.29, 1.82) is 0 Å². The van der Waals surface area contributed by atoms with Gasteiger partial charge in [0.25, 0.3) is 5.56 Å². The Morgan fingerprint density at radius 2 is 1.90 bits per heavy atom. The fraction of sp³-hybridized carbons (Fsp3) is 0.364. The lowest BCUT2D eigenvalue weighted by atomic mass is 10.1. The molecule has 2 aromatic heterocycles. The number of nitrogens with one attached hydrogen (secondary N) is 1. The maximum atomic E-state index is 12.6. The fourth-order valence-corrected chi connectivity index (χ4v) is 4.04. The highest BCUT2D eigenvalue weighted by Crippen LogP contribution is 2.22. The molecule has 1 aromatic carbocycles. The van der Waals surface area contributed by atoms with Gasteiger partial charge in [-0.05, 0) is 29.8 Å². The average molecular weight is 392 g/mol. The largest absolute Gasteiger partial charge is 0.461 e. The van der Waals surface area contributed by atoms with Crippen LogP contribution in [-0.4, -0.2) is 47.7 Å². The van der Waals surface area contributed by atoms with Crippen molar-refractivity contribution >= 4 is 5.69 Å². The van der Waals surface area contributed by atoms with Crippen LogP contribution in [-0.2, 0) is 24.2 Å². The van der Waals surface area contributed by atoms with Gasteiger partial charge in [0, 0.05) is 44.8 Å². The standard InChI is InChI=1S/C22H24N4O3/c27-22-18-15-25(8-7-19(18)23-21(24-22)20-2-1-11-29-20)14-16-3-5-17(6-4-16)26-9-12-28-13-10-26/h1-6,11H,7-10,12-15H2,(H,23,24,27). The van der Waals surface area contributed by atoms with Gasteiger partial charge >= 0.3 is 0 Å². The van der Waals surface area contributed by atoms with Crippen LogP contribution in [0.2, 0.25) is 0 Å². The third kappa shape index (κ3) is 3.83. The van der Waals surface area contributed by atoms with Crippen LogP contribution in [0.3, 0.4) is 0 Å². The van der Waals surface area contributed by atoms with E-state index in [0.29, 0.717) is 18.1 Å². The molecule has 0 saturated carbocycles. The molecular weight excluding hydrogens is 368 g/mol. The van der Waals surface area contributed by atoms with E-state index in [2.05, 4.69) is 44.0 Å². The minimum absolute atomic E-state index is 0.0752. The van der Waals surface area contributed by atoms with E-state index in [1.54, 1.807) is 18.4 Å². The van der Waals surface area contributed by atoms with Crippen LogP contribution in [0.1, 0.15) is 16.8 Å². The molecule has 4 heterocycles. The molecule has 0 atom stereocenters. The van der Waals surface area contributed by atoms with Crippen molar-refractivity contribution in [3.8, 4) is 11.6 Å². The lowest BCUT2D eigenvalue weighted by molar-refractivity contribution is 0.122. The number of anilines is 1. The first-order valence-corrected chi connectivity index (χ1v) is 10.1. The quantitative estimate of drug-likeness (QED) is 0.735. The highest BCUT2D eigenvalue weighted by atomic mass is 16.5. The van der Waals surface area contributed by atoms with E-state index >= 15 is 0 Å². The molecule has 2 aliphatic heterocycles. The molecule has 0 unspecified atom stereocenters. The lowest BCUT2D eigenvalue weighted by Crippen LogP contribution is -2.36. The number of morpholine rings is 1. The van der Waals surface area contributed by atoms with Crippen LogP contribution in [0.4, 0.5) is 5.69 Å². The Bertz CT molecular complexity index is 1020. The summed E-state index contributed by atoms with van der Waals surface area (Å²) in [6.45, 7) is 5.78. The summed E-state index contributed by atoms with van der Waals surface area (Å²) in [6, 6.07) is 12.3. The predicted molar refractivity (Wildman–Crippen MR) is 110 cm³/mol. The summed E-state index contributed by atoms with van der Waals surface area (Å²) in [4.78, 5) is 24.8. The molecule has 0 bridgehead atoms. The molecule has 2 aliphatic rings. The van der Waals surface area contributed by atoms with Crippen molar-refractivity contribution in [2.24, 2.45) is 0 Å². The SMILES string of the molecule is O=c1[nH]c(-c2ccco2)nc2c1CN(Cc1ccc(N3CCOCC3)cc1)CC2. The van der Waals surface area contributed by atoms with E-state index in [-0.39, 0.29) is 5.56 Å². The fourth-order valence-electron chi connectivity index (χ4n) is 4.04. The highest BCUT2D eigenvalue weighted by molar-refractivity contribution is 5.48. The zero-order valence-electron chi connectivity index (χ0n) is 16.3. The van der Waals surface area contributed by atoms with Crippen molar-refractivity contribution in [3.63, 3.8) is 0 Å². The third-order valence-electron chi connectivity index (χ3n) is 5.62. The number of nitrogens with zero attached hydrogens (tertiary/aromatic N) is 3. The smallest absolute Gasteiger partial charge is 0.256 e. The number of aromatic nitrogens is 2.